The number of nitrogens with two attached hydrogens (primary N) is 1. The van der Waals surface area contributed by atoms with Crippen molar-refractivity contribution in [3.05, 3.63) is 0 Å². The van der Waals surface area contributed by atoms with Crippen LogP contribution in [0.3, 0.4) is 0 Å². The molecule has 1 fully saturated rings. The minimum atomic E-state index is 0.429. The molecule has 0 aromatic rings. The Morgan fingerprint density at radius 1 is 1.38 bits per heavy atom. The summed E-state index contributed by atoms with van der Waals surface area (Å²) in [5, 5.41) is 0. The van der Waals surface area contributed by atoms with Gasteiger partial charge >= 0.3 is 0 Å². The molecule has 1 aliphatic carbocycles. The van der Waals surface area contributed by atoms with E-state index in [0.29, 0.717) is 6.04 Å². The molecule has 0 amide bonds. The lowest BCUT2D eigenvalue weighted by molar-refractivity contribution is 0.208. The van der Waals surface area contributed by atoms with Gasteiger partial charge < -0.3 is 0 Å². The lowest BCUT2D eigenvalue weighted by atomic mass is 9.76. The molecule has 0 aliphatic heterocycles. The van der Waals surface area contributed by atoms with Crippen molar-refractivity contribution in [1.82, 2.24) is 5.43 Å². The Morgan fingerprint density at radius 3 is 2.56 bits per heavy atom. The molecule has 2 heteroatoms. The van der Waals surface area contributed by atoms with Crippen LogP contribution in [0, 0.1) is 24.2 Å². The summed E-state index contributed by atoms with van der Waals surface area (Å²) in [6, 6.07) is 0.429. The van der Waals surface area contributed by atoms with E-state index in [9.17, 15) is 0 Å². The summed E-state index contributed by atoms with van der Waals surface area (Å²) in [7, 11) is 0. The Labute approximate surface area is 100 Å². The number of hydrazine groups is 1. The van der Waals surface area contributed by atoms with E-state index in [1.165, 1.54) is 38.5 Å². The predicted octanol–water partition coefficient (Wildman–Crippen LogP) is 2.84. The first-order valence-electron chi connectivity index (χ1n) is 6.71. The normalized spacial score (nSPS) is 27.3. The fourth-order valence-corrected chi connectivity index (χ4v) is 2.98. The molecule has 0 spiro atoms. The SMILES string of the molecule is C#CCCC(NN)C1CCC(CCC)CC1. The Kier molecular flexibility index (Phi) is 6.52. The highest BCUT2D eigenvalue weighted by Gasteiger charge is 2.26. The van der Waals surface area contributed by atoms with E-state index in [1.54, 1.807) is 0 Å². The van der Waals surface area contributed by atoms with Crippen molar-refractivity contribution in [3.8, 4) is 12.3 Å². The van der Waals surface area contributed by atoms with Crippen molar-refractivity contribution in [1.29, 1.82) is 0 Å². The van der Waals surface area contributed by atoms with Crippen LogP contribution in [0.2, 0.25) is 0 Å². The van der Waals surface area contributed by atoms with Gasteiger partial charge in [0.1, 0.15) is 0 Å². The molecule has 0 aromatic heterocycles. The summed E-state index contributed by atoms with van der Waals surface area (Å²) in [4.78, 5) is 0. The van der Waals surface area contributed by atoms with Crippen LogP contribution in [0.4, 0.5) is 0 Å². The molecule has 1 saturated carbocycles. The van der Waals surface area contributed by atoms with E-state index in [0.717, 1.165) is 24.7 Å². The number of rotatable bonds is 6. The van der Waals surface area contributed by atoms with Gasteiger partial charge in [0, 0.05) is 12.5 Å². The van der Waals surface area contributed by atoms with Gasteiger partial charge in [-0.25, -0.2) is 0 Å². The standard InChI is InChI=1S/C14H26N2/c1-3-5-7-14(16-15)13-10-8-12(6-4-2)9-11-13/h1,12-14,16H,4-11,15H2,2H3. The maximum absolute atomic E-state index is 5.62. The van der Waals surface area contributed by atoms with Crippen LogP contribution in [-0.2, 0) is 0 Å². The van der Waals surface area contributed by atoms with Crippen LogP contribution in [-0.4, -0.2) is 6.04 Å². The zero-order valence-corrected chi connectivity index (χ0v) is 10.5. The van der Waals surface area contributed by atoms with Crippen LogP contribution in [0.25, 0.3) is 0 Å². The number of hydrogen-bond donors (Lipinski definition) is 2. The van der Waals surface area contributed by atoms with Gasteiger partial charge in [0.25, 0.3) is 0 Å². The first kappa shape index (κ1) is 13.5. The summed E-state index contributed by atoms with van der Waals surface area (Å²) in [5.74, 6) is 10.0. The number of terminal acetylenes is 1. The molecule has 16 heavy (non-hydrogen) atoms. The number of nitrogens with one attached hydrogen (secondary N) is 1. The molecule has 0 aromatic carbocycles. The van der Waals surface area contributed by atoms with Crippen molar-refractivity contribution in [2.75, 3.05) is 0 Å². The third-order valence-electron chi connectivity index (χ3n) is 3.97. The molecular weight excluding hydrogens is 196 g/mol. The van der Waals surface area contributed by atoms with Crippen LogP contribution >= 0.6 is 0 Å². The molecular formula is C14H26N2. The van der Waals surface area contributed by atoms with Crippen LogP contribution in [0.15, 0.2) is 0 Å². The minimum Gasteiger partial charge on any atom is -0.271 e. The van der Waals surface area contributed by atoms with Crippen molar-refractivity contribution in [2.24, 2.45) is 17.7 Å². The maximum Gasteiger partial charge on any atom is 0.0247 e. The fraction of sp³-hybridized carbons (Fsp3) is 0.857. The first-order valence-corrected chi connectivity index (χ1v) is 6.71. The third kappa shape index (κ3) is 4.15. The Morgan fingerprint density at radius 2 is 2.06 bits per heavy atom. The van der Waals surface area contributed by atoms with E-state index in [1.807, 2.05) is 0 Å². The van der Waals surface area contributed by atoms with E-state index >= 15 is 0 Å². The summed E-state index contributed by atoms with van der Waals surface area (Å²) < 4.78 is 0. The molecule has 92 valence electrons. The first-order chi connectivity index (χ1) is 7.81. The van der Waals surface area contributed by atoms with Crippen LogP contribution in [0.1, 0.15) is 58.3 Å². The minimum absolute atomic E-state index is 0.429. The van der Waals surface area contributed by atoms with Crippen LogP contribution in [0.5, 0.6) is 0 Å². The highest BCUT2D eigenvalue weighted by atomic mass is 15.2. The average molecular weight is 222 g/mol. The highest BCUT2D eigenvalue weighted by molar-refractivity contribution is 4.88. The Balaban J connectivity index is 2.30. The Bertz CT molecular complexity index is 211. The molecule has 2 nitrogen and oxygen atoms in total. The van der Waals surface area contributed by atoms with Gasteiger partial charge in [-0.15, -0.1) is 12.3 Å². The zero-order valence-electron chi connectivity index (χ0n) is 10.5. The molecule has 0 bridgehead atoms. The van der Waals surface area contributed by atoms with Gasteiger partial charge in [0.2, 0.25) is 0 Å². The lowest BCUT2D eigenvalue weighted by Gasteiger charge is -2.33. The van der Waals surface area contributed by atoms with Crippen molar-refractivity contribution < 1.29 is 0 Å². The smallest absolute Gasteiger partial charge is 0.0247 e. The van der Waals surface area contributed by atoms with Gasteiger partial charge in [0.05, 0.1) is 0 Å². The van der Waals surface area contributed by atoms with Gasteiger partial charge in [-0.1, -0.05) is 32.6 Å². The summed E-state index contributed by atoms with van der Waals surface area (Å²) >= 11 is 0. The lowest BCUT2D eigenvalue weighted by Crippen LogP contribution is -2.42. The zero-order chi connectivity index (χ0) is 11.8. The van der Waals surface area contributed by atoms with Crippen molar-refractivity contribution in [2.45, 2.75) is 64.3 Å². The highest BCUT2D eigenvalue weighted by Crippen LogP contribution is 2.33. The van der Waals surface area contributed by atoms with E-state index < -0.39 is 0 Å². The molecule has 0 saturated heterocycles. The third-order valence-corrected chi connectivity index (χ3v) is 3.97. The summed E-state index contributed by atoms with van der Waals surface area (Å²) in [6.45, 7) is 2.28. The van der Waals surface area contributed by atoms with Gasteiger partial charge in [-0.2, -0.15) is 0 Å². The monoisotopic (exact) mass is 222 g/mol. The molecule has 3 N–H and O–H groups in total. The van der Waals surface area contributed by atoms with Crippen molar-refractivity contribution in [3.63, 3.8) is 0 Å². The topological polar surface area (TPSA) is 38.0 Å². The number of hydrogen-bond acceptors (Lipinski definition) is 2. The second kappa shape index (κ2) is 7.70. The average Bonchev–Trinajstić information content (AvgIpc) is 2.32. The second-order valence-electron chi connectivity index (χ2n) is 5.09. The fourth-order valence-electron chi connectivity index (χ4n) is 2.98. The van der Waals surface area contributed by atoms with Crippen LogP contribution < -0.4 is 11.3 Å². The largest absolute Gasteiger partial charge is 0.271 e. The molecule has 1 unspecified atom stereocenters. The van der Waals surface area contributed by atoms with E-state index in [2.05, 4.69) is 18.3 Å². The quantitative estimate of drug-likeness (QED) is 0.412. The molecule has 0 heterocycles. The maximum atomic E-state index is 5.62. The Hall–Kier alpha value is -0.520. The van der Waals surface area contributed by atoms with E-state index in [4.69, 9.17) is 12.3 Å². The second-order valence-corrected chi connectivity index (χ2v) is 5.09. The van der Waals surface area contributed by atoms with Gasteiger partial charge in [0.15, 0.2) is 0 Å². The summed E-state index contributed by atoms with van der Waals surface area (Å²) in [6.07, 6.45) is 15.3. The summed E-state index contributed by atoms with van der Waals surface area (Å²) in [5.41, 5.74) is 2.96. The van der Waals surface area contributed by atoms with E-state index in [-0.39, 0.29) is 0 Å². The molecule has 0 radical (unpaired) electrons. The molecule has 1 aliphatic rings. The molecule has 1 rings (SSSR count). The molecule has 1 atom stereocenters. The predicted molar refractivity (Wildman–Crippen MR) is 69.5 cm³/mol. The van der Waals surface area contributed by atoms with Crippen molar-refractivity contribution >= 4 is 0 Å². The van der Waals surface area contributed by atoms with Gasteiger partial charge in [-0.3, -0.25) is 11.3 Å². The van der Waals surface area contributed by atoms with Gasteiger partial charge in [-0.05, 0) is 31.1 Å².